The van der Waals surface area contributed by atoms with E-state index in [1.54, 1.807) is 11.3 Å². The van der Waals surface area contributed by atoms with E-state index in [0.29, 0.717) is 17.9 Å². The van der Waals surface area contributed by atoms with Crippen molar-refractivity contribution < 1.29 is 9.59 Å². The van der Waals surface area contributed by atoms with Crippen molar-refractivity contribution >= 4 is 23.2 Å². The molecule has 0 radical (unpaired) electrons. The van der Waals surface area contributed by atoms with E-state index in [1.165, 1.54) is 4.88 Å². The molecule has 5 heteroatoms. The Morgan fingerprint density at radius 1 is 1.04 bits per heavy atom. The summed E-state index contributed by atoms with van der Waals surface area (Å²) < 4.78 is 0. The predicted molar refractivity (Wildman–Crippen MR) is 97.4 cm³/mol. The van der Waals surface area contributed by atoms with Crippen LogP contribution in [0.5, 0.6) is 0 Å². The summed E-state index contributed by atoms with van der Waals surface area (Å²) in [5.74, 6) is 1.42. The molecule has 0 unspecified atom stereocenters. The zero-order valence-corrected chi connectivity index (χ0v) is 15.4. The first kappa shape index (κ1) is 15.9. The van der Waals surface area contributed by atoms with Crippen molar-refractivity contribution in [2.24, 2.45) is 11.8 Å². The van der Waals surface area contributed by atoms with Crippen LogP contribution >= 0.6 is 11.3 Å². The molecule has 2 saturated carbocycles. The Kier molecular flexibility index (Phi) is 3.88. The molecule has 2 bridgehead atoms. The Bertz CT molecular complexity index is 659. The van der Waals surface area contributed by atoms with Crippen molar-refractivity contribution in [2.75, 3.05) is 13.1 Å². The van der Waals surface area contributed by atoms with Crippen LogP contribution in [-0.2, 0) is 9.59 Å². The van der Waals surface area contributed by atoms with Gasteiger partial charge in [0.2, 0.25) is 11.8 Å². The summed E-state index contributed by atoms with van der Waals surface area (Å²) in [4.78, 5) is 32.0. The molecule has 1 aromatic heterocycles. The second-order valence-electron chi connectivity index (χ2n) is 8.26. The third-order valence-electron chi connectivity index (χ3n) is 6.82. The Morgan fingerprint density at radius 2 is 1.80 bits per heavy atom. The number of hydrogen-bond donors (Lipinski definition) is 0. The summed E-state index contributed by atoms with van der Waals surface area (Å²) >= 11 is 1.76. The van der Waals surface area contributed by atoms with Gasteiger partial charge in [-0.1, -0.05) is 6.07 Å². The lowest BCUT2D eigenvalue weighted by atomic mass is 9.73. The van der Waals surface area contributed by atoms with Gasteiger partial charge in [0.15, 0.2) is 0 Å². The quantitative estimate of drug-likeness (QED) is 0.832. The van der Waals surface area contributed by atoms with E-state index in [1.807, 2.05) is 4.90 Å². The Hall–Kier alpha value is -1.36. The van der Waals surface area contributed by atoms with Gasteiger partial charge in [0.1, 0.15) is 6.04 Å². The number of likely N-dealkylation sites (tertiary alicyclic amines) is 1. The summed E-state index contributed by atoms with van der Waals surface area (Å²) in [6.45, 7) is 1.77. The molecule has 3 atom stereocenters. The molecule has 5 aliphatic rings. The summed E-state index contributed by atoms with van der Waals surface area (Å²) in [5.41, 5.74) is 0. The Labute approximate surface area is 153 Å². The van der Waals surface area contributed by atoms with E-state index >= 15 is 0 Å². The van der Waals surface area contributed by atoms with E-state index in [-0.39, 0.29) is 23.8 Å². The number of fused-ring (bicyclic) bond motifs is 3. The zero-order valence-electron chi connectivity index (χ0n) is 14.6. The fourth-order valence-electron chi connectivity index (χ4n) is 5.39. The molecular weight excluding hydrogens is 332 g/mol. The summed E-state index contributed by atoms with van der Waals surface area (Å²) in [6, 6.07) is 4.36. The Morgan fingerprint density at radius 3 is 2.48 bits per heavy atom. The van der Waals surface area contributed by atoms with Crippen LogP contribution in [0.25, 0.3) is 0 Å². The summed E-state index contributed by atoms with van der Waals surface area (Å²) in [7, 11) is 0. The van der Waals surface area contributed by atoms with Crippen LogP contribution in [-0.4, -0.2) is 46.8 Å². The lowest BCUT2D eigenvalue weighted by molar-refractivity contribution is -0.159. The minimum absolute atomic E-state index is 0.117. The molecule has 4 nitrogen and oxygen atoms in total. The highest BCUT2D eigenvalue weighted by atomic mass is 32.1. The van der Waals surface area contributed by atoms with Gasteiger partial charge in [-0.2, -0.15) is 0 Å². The fourth-order valence-corrected chi connectivity index (χ4v) is 6.29. The largest absolute Gasteiger partial charge is 0.341 e. The van der Waals surface area contributed by atoms with Gasteiger partial charge < -0.3 is 9.80 Å². The number of nitrogens with zero attached hydrogens (tertiary/aromatic N) is 2. The normalized spacial score (nSPS) is 36.7. The van der Waals surface area contributed by atoms with Gasteiger partial charge in [-0.3, -0.25) is 9.59 Å². The number of rotatable bonds is 3. The van der Waals surface area contributed by atoms with Crippen molar-refractivity contribution in [2.45, 2.75) is 62.9 Å². The predicted octanol–water partition coefficient (Wildman–Crippen LogP) is 3.24. The van der Waals surface area contributed by atoms with Gasteiger partial charge in [-0.15, -0.1) is 11.3 Å². The van der Waals surface area contributed by atoms with E-state index in [2.05, 4.69) is 22.4 Å². The molecule has 134 valence electrons. The SMILES string of the molecule is O=C([C@@H]1C2CCC(CC2)N1C(=O)[C@@H]1C[C@H]1c1cccs1)N1CCCC1. The maximum absolute atomic E-state index is 13.3. The molecule has 25 heavy (non-hydrogen) atoms. The van der Waals surface area contributed by atoms with Gasteiger partial charge >= 0.3 is 0 Å². The van der Waals surface area contributed by atoms with Crippen molar-refractivity contribution in [1.82, 2.24) is 9.80 Å². The molecule has 0 aromatic carbocycles. The second kappa shape index (κ2) is 6.11. The first-order valence-corrected chi connectivity index (χ1v) is 10.8. The van der Waals surface area contributed by atoms with E-state index < -0.39 is 0 Å². The third kappa shape index (κ3) is 2.62. The van der Waals surface area contributed by atoms with Crippen LogP contribution < -0.4 is 0 Å². The highest BCUT2D eigenvalue weighted by molar-refractivity contribution is 7.10. The molecule has 1 aromatic rings. The van der Waals surface area contributed by atoms with E-state index in [0.717, 1.165) is 58.0 Å². The van der Waals surface area contributed by atoms with Crippen LogP contribution in [0.4, 0.5) is 0 Å². The van der Waals surface area contributed by atoms with E-state index in [4.69, 9.17) is 0 Å². The number of hydrogen-bond acceptors (Lipinski definition) is 3. The topological polar surface area (TPSA) is 40.6 Å². The molecule has 4 heterocycles. The maximum atomic E-state index is 13.3. The maximum Gasteiger partial charge on any atom is 0.245 e. The molecule has 3 aliphatic heterocycles. The summed E-state index contributed by atoms with van der Waals surface area (Å²) in [5, 5.41) is 2.09. The molecule has 5 fully saturated rings. The van der Waals surface area contributed by atoms with Gasteiger partial charge in [0, 0.05) is 35.8 Å². The highest BCUT2D eigenvalue weighted by Crippen LogP contribution is 2.52. The van der Waals surface area contributed by atoms with Crippen molar-refractivity contribution in [1.29, 1.82) is 0 Å². The van der Waals surface area contributed by atoms with Gasteiger partial charge in [0.05, 0.1) is 0 Å². The first-order valence-electron chi connectivity index (χ1n) is 9.88. The monoisotopic (exact) mass is 358 g/mol. The van der Waals surface area contributed by atoms with Crippen molar-refractivity contribution in [3.8, 4) is 0 Å². The first-order chi connectivity index (χ1) is 12.2. The van der Waals surface area contributed by atoms with Gasteiger partial charge in [-0.25, -0.2) is 0 Å². The number of carbonyl (C=O) groups is 2. The van der Waals surface area contributed by atoms with Crippen LogP contribution in [0.2, 0.25) is 0 Å². The Balaban J connectivity index is 1.38. The lowest BCUT2D eigenvalue weighted by Crippen LogP contribution is -2.63. The molecule has 2 aliphatic carbocycles. The minimum Gasteiger partial charge on any atom is -0.341 e. The molecule has 6 rings (SSSR count). The van der Waals surface area contributed by atoms with Crippen LogP contribution in [0.1, 0.15) is 55.7 Å². The molecular formula is C20H26N2O2S. The van der Waals surface area contributed by atoms with Crippen LogP contribution in [0, 0.1) is 11.8 Å². The van der Waals surface area contributed by atoms with Gasteiger partial charge in [-0.05, 0) is 62.3 Å². The summed E-state index contributed by atoms with van der Waals surface area (Å²) in [6.07, 6.45) is 7.63. The van der Waals surface area contributed by atoms with E-state index in [9.17, 15) is 9.59 Å². The standard InChI is InChI=1S/C20H26N2O2S/c23-19(16-12-15(16)17-4-3-11-25-17)22-14-7-5-13(6-8-14)18(22)20(24)21-9-1-2-10-21/h3-4,11,13-16,18H,1-2,5-10,12H2/t13?,14?,15-,16-,18+/m1/s1. The van der Waals surface area contributed by atoms with Crippen LogP contribution in [0.15, 0.2) is 17.5 Å². The fraction of sp³-hybridized carbons (Fsp3) is 0.700. The molecule has 2 amide bonds. The van der Waals surface area contributed by atoms with Crippen LogP contribution in [0.3, 0.4) is 0 Å². The highest BCUT2D eigenvalue weighted by Gasteiger charge is 2.54. The minimum atomic E-state index is -0.164. The molecule has 0 spiro atoms. The number of thiophene rings is 1. The average molecular weight is 359 g/mol. The second-order valence-corrected chi connectivity index (χ2v) is 9.23. The zero-order chi connectivity index (χ0) is 17.0. The lowest BCUT2D eigenvalue weighted by Gasteiger charge is -2.51. The number of carbonyl (C=O) groups excluding carboxylic acids is 2. The number of amides is 2. The number of piperidine rings is 2. The van der Waals surface area contributed by atoms with Crippen molar-refractivity contribution in [3.05, 3.63) is 22.4 Å². The van der Waals surface area contributed by atoms with Crippen molar-refractivity contribution in [3.63, 3.8) is 0 Å². The van der Waals surface area contributed by atoms with Gasteiger partial charge in [0.25, 0.3) is 0 Å². The molecule has 0 N–H and O–H groups in total. The average Bonchev–Trinajstić information content (AvgIpc) is 3.07. The smallest absolute Gasteiger partial charge is 0.245 e. The third-order valence-corrected chi connectivity index (χ3v) is 7.83. The molecule has 3 saturated heterocycles.